The maximum atomic E-state index is 14.5. The molecule has 0 atom stereocenters. The molecule has 2 heteroatoms. The van der Waals surface area contributed by atoms with Crippen LogP contribution in [0.4, 0.5) is 8.78 Å². The van der Waals surface area contributed by atoms with E-state index in [9.17, 15) is 8.78 Å². The van der Waals surface area contributed by atoms with E-state index in [1.54, 1.807) is 13.8 Å². The highest BCUT2D eigenvalue weighted by Crippen LogP contribution is 2.55. The number of hydrogen-bond acceptors (Lipinski definition) is 0. The topological polar surface area (TPSA) is 0 Å². The molecule has 0 bridgehead atoms. The van der Waals surface area contributed by atoms with Gasteiger partial charge in [-0.25, -0.2) is 8.78 Å². The molecule has 0 aliphatic rings. The molecule has 0 aliphatic carbocycles. The summed E-state index contributed by atoms with van der Waals surface area (Å²) in [5, 5.41) is 0. The van der Waals surface area contributed by atoms with E-state index >= 15 is 0 Å². The number of hydrogen-bond donors (Lipinski definition) is 0. The third-order valence-electron chi connectivity index (χ3n) is 4.64. The molecule has 0 N–H and O–H groups in total. The van der Waals surface area contributed by atoms with Crippen molar-refractivity contribution < 1.29 is 8.78 Å². The van der Waals surface area contributed by atoms with Gasteiger partial charge in [-0.2, -0.15) is 0 Å². The second kappa shape index (κ2) is 4.80. The summed E-state index contributed by atoms with van der Waals surface area (Å²) in [6.07, 6.45) is 2.14. The average molecular weight is 220 g/mol. The van der Waals surface area contributed by atoms with Crippen LogP contribution in [-0.4, -0.2) is 5.92 Å². The Kier molecular flexibility index (Phi) is 4.75. The van der Waals surface area contributed by atoms with Crippen LogP contribution in [0.3, 0.4) is 0 Å². The highest BCUT2D eigenvalue weighted by molar-refractivity contribution is 4.98. The minimum atomic E-state index is -2.59. The molecule has 0 unspecified atom stereocenters. The lowest BCUT2D eigenvalue weighted by atomic mass is 9.64. The summed E-state index contributed by atoms with van der Waals surface area (Å²) >= 11 is 0. The van der Waals surface area contributed by atoms with Crippen LogP contribution in [0.25, 0.3) is 0 Å². The van der Waals surface area contributed by atoms with E-state index in [1.165, 1.54) is 0 Å². The molecule has 0 radical (unpaired) electrons. The van der Waals surface area contributed by atoms with Gasteiger partial charge in [-0.1, -0.05) is 41.5 Å². The van der Waals surface area contributed by atoms with Gasteiger partial charge in [-0.15, -0.1) is 0 Å². The number of halogens is 2. The van der Waals surface area contributed by atoms with Crippen molar-refractivity contribution in [1.82, 2.24) is 0 Å². The zero-order chi connectivity index (χ0) is 12.3. The van der Waals surface area contributed by atoms with E-state index in [1.807, 2.05) is 27.7 Å². The summed E-state index contributed by atoms with van der Waals surface area (Å²) in [5.41, 5.74) is -1.73. The summed E-state index contributed by atoms with van der Waals surface area (Å²) in [7, 11) is 0. The monoisotopic (exact) mass is 220 g/mol. The van der Waals surface area contributed by atoms with E-state index < -0.39 is 16.8 Å². The van der Waals surface area contributed by atoms with Crippen LogP contribution in [0.5, 0.6) is 0 Å². The third-order valence-corrected chi connectivity index (χ3v) is 4.64. The van der Waals surface area contributed by atoms with Gasteiger partial charge in [-0.3, -0.25) is 0 Å². The molecule has 0 rings (SSSR count). The summed E-state index contributed by atoms with van der Waals surface area (Å²) in [5.74, 6) is -2.59. The van der Waals surface area contributed by atoms with Crippen molar-refractivity contribution in [3.8, 4) is 0 Å². The summed E-state index contributed by atoms with van der Waals surface area (Å²) < 4.78 is 29.0. The van der Waals surface area contributed by atoms with Gasteiger partial charge in [0.1, 0.15) is 0 Å². The van der Waals surface area contributed by atoms with Crippen LogP contribution >= 0.6 is 0 Å². The van der Waals surface area contributed by atoms with Gasteiger partial charge in [0.2, 0.25) is 0 Å². The van der Waals surface area contributed by atoms with Gasteiger partial charge in [0.05, 0.1) is 0 Å². The SMILES string of the molecule is CCC(C)(CC)C(F)(F)C(C)(CC)CC. The largest absolute Gasteiger partial charge is 0.258 e. The van der Waals surface area contributed by atoms with Crippen LogP contribution in [0.2, 0.25) is 0 Å². The molecule has 0 aromatic rings. The molecular weight excluding hydrogens is 194 g/mol. The second-order valence-electron chi connectivity index (χ2n) is 5.11. The van der Waals surface area contributed by atoms with E-state index in [2.05, 4.69) is 0 Å². The fourth-order valence-electron chi connectivity index (χ4n) is 2.12. The molecule has 0 aromatic heterocycles. The molecule has 0 heterocycles. The zero-order valence-corrected chi connectivity index (χ0v) is 11.1. The Hall–Kier alpha value is -0.140. The first-order chi connectivity index (χ1) is 6.74. The molecular formula is C13H26F2. The molecule has 92 valence electrons. The fourth-order valence-corrected chi connectivity index (χ4v) is 2.12. The lowest BCUT2D eigenvalue weighted by Crippen LogP contribution is -2.50. The molecule has 0 spiro atoms. The first-order valence-electron chi connectivity index (χ1n) is 6.12. The highest BCUT2D eigenvalue weighted by atomic mass is 19.3. The first kappa shape index (κ1) is 14.9. The lowest BCUT2D eigenvalue weighted by molar-refractivity contribution is -0.204. The zero-order valence-electron chi connectivity index (χ0n) is 11.1. The van der Waals surface area contributed by atoms with Crippen LogP contribution in [0.15, 0.2) is 0 Å². The molecule has 15 heavy (non-hydrogen) atoms. The van der Waals surface area contributed by atoms with Crippen LogP contribution in [-0.2, 0) is 0 Å². The predicted molar refractivity (Wildman–Crippen MR) is 62.3 cm³/mol. The molecule has 0 aliphatic heterocycles. The molecule has 0 aromatic carbocycles. The van der Waals surface area contributed by atoms with Gasteiger partial charge in [-0.05, 0) is 25.7 Å². The van der Waals surface area contributed by atoms with Crippen molar-refractivity contribution in [2.75, 3.05) is 0 Å². The Morgan fingerprint density at radius 3 is 1.00 bits per heavy atom. The first-order valence-corrected chi connectivity index (χ1v) is 6.12. The standard InChI is InChI=1S/C13H26F2/c1-7-11(5,8-2)13(14,15)12(6,9-3)10-4/h7-10H2,1-6H3. The summed E-state index contributed by atoms with van der Waals surface area (Å²) in [6.45, 7) is 10.9. The second-order valence-corrected chi connectivity index (χ2v) is 5.11. The molecule has 0 fully saturated rings. The van der Waals surface area contributed by atoms with Crippen molar-refractivity contribution in [3.63, 3.8) is 0 Å². The Morgan fingerprint density at radius 1 is 0.667 bits per heavy atom. The van der Waals surface area contributed by atoms with Crippen molar-refractivity contribution in [1.29, 1.82) is 0 Å². The quantitative estimate of drug-likeness (QED) is 0.571. The highest BCUT2D eigenvalue weighted by Gasteiger charge is 2.57. The minimum Gasteiger partial charge on any atom is -0.206 e. The van der Waals surface area contributed by atoms with Gasteiger partial charge in [0.15, 0.2) is 0 Å². The van der Waals surface area contributed by atoms with Crippen LogP contribution < -0.4 is 0 Å². The Morgan fingerprint density at radius 2 is 0.867 bits per heavy atom. The Labute approximate surface area is 93.4 Å². The van der Waals surface area contributed by atoms with Gasteiger partial charge in [0, 0.05) is 10.8 Å². The molecule has 0 amide bonds. The van der Waals surface area contributed by atoms with Gasteiger partial charge in [0.25, 0.3) is 5.92 Å². The molecule has 0 nitrogen and oxygen atoms in total. The molecule has 0 saturated heterocycles. The Bertz CT molecular complexity index is 169. The maximum absolute atomic E-state index is 14.5. The van der Waals surface area contributed by atoms with Crippen LogP contribution in [0.1, 0.15) is 67.2 Å². The summed E-state index contributed by atoms with van der Waals surface area (Å²) in [4.78, 5) is 0. The van der Waals surface area contributed by atoms with E-state index in [4.69, 9.17) is 0 Å². The van der Waals surface area contributed by atoms with Crippen molar-refractivity contribution in [2.45, 2.75) is 73.1 Å². The van der Waals surface area contributed by atoms with Crippen LogP contribution in [0, 0.1) is 10.8 Å². The van der Waals surface area contributed by atoms with Crippen molar-refractivity contribution in [3.05, 3.63) is 0 Å². The Balaban J connectivity index is 5.25. The van der Waals surface area contributed by atoms with Gasteiger partial charge >= 0.3 is 0 Å². The van der Waals surface area contributed by atoms with Gasteiger partial charge < -0.3 is 0 Å². The lowest BCUT2D eigenvalue weighted by Gasteiger charge is -2.47. The van der Waals surface area contributed by atoms with Crippen molar-refractivity contribution >= 4 is 0 Å². The third kappa shape index (κ3) is 2.19. The van der Waals surface area contributed by atoms with Crippen molar-refractivity contribution in [2.24, 2.45) is 10.8 Å². The number of alkyl halides is 2. The number of rotatable bonds is 6. The minimum absolute atomic E-state index is 0.534. The van der Waals surface area contributed by atoms with E-state index in [0.29, 0.717) is 25.7 Å². The van der Waals surface area contributed by atoms with E-state index in [-0.39, 0.29) is 0 Å². The van der Waals surface area contributed by atoms with E-state index in [0.717, 1.165) is 0 Å². The predicted octanol–water partition coefficient (Wildman–Crippen LogP) is 5.27. The summed E-state index contributed by atoms with van der Waals surface area (Å²) in [6, 6.07) is 0. The smallest absolute Gasteiger partial charge is 0.206 e. The fraction of sp³-hybridized carbons (Fsp3) is 1.00. The average Bonchev–Trinajstić information content (AvgIpc) is 2.26. The molecule has 0 saturated carbocycles. The maximum Gasteiger partial charge on any atom is 0.258 e. The normalized spacial score (nSPS) is 14.4.